The van der Waals surface area contributed by atoms with Gasteiger partial charge in [-0.2, -0.15) is 13.2 Å². The number of ether oxygens (including phenoxy) is 1. The van der Waals surface area contributed by atoms with Gasteiger partial charge in [-0.25, -0.2) is 19.7 Å². The molecule has 0 saturated carbocycles. The Bertz CT molecular complexity index is 1190. The molecule has 0 amide bonds. The molecule has 1 saturated heterocycles. The lowest BCUT2D eigenvalue weighted by molar-refractivity contribution is -0.140. The molecule has 0 bridgehead atoms. The van der Waals surface area contributed by atoms with Crippen LogP contribution in [0.15, 0.2) is 37.1 Å². The number of halogens is 3. The molecule has 11 heteroatoms. The first-order valence-corrected chi connectivity index (χ1v) is 10.5. The second-order valence-corrected chi connectivity index (χ2v) is 8.18. The summed E-state index contributed by atoms with van der Waals surface area (Å²) in [4.78, 5) is 25.9. The van der Waals surface area contributed by atoms with Crippen LogP contribution in [0.4, 0.5) is 13.2 Å². The molecule has 3 aromatic rings. The van der Waals surface area contributed by atoms with Crippen molar-refractivity contribution >= 4 is 5.97 Å². The van der Waals surface area contributed by atoms with Crippen LogP contribution in [0.25, 0.3) is 5.95 Å². The van der Waals surface area contributed by atoms with Gasteiger partial charge in [0.1, 0.15) is 12.9 Å². The van der Waals surface area contributed by atoms with E-state index in [1.807, 2.05) is 19.1 Å². The summed E-state index contributed by atoms with van der Waals surface area (Å²) in [5, 5.41) is 3.54. The lowest BCUT2D eigenvalue weighted by Gasteiger charge is -2.34. The number of hydrogen-bond acceptors (Lipinski definition) is 7. The number of nitrogens with one attached hydrogen (secondary N) is 1. The molecule has 0 unspecified atom stereocenters. The third-order valence-electron chi connectivity index (χ3n) is 6.04. The minimum atomic E-state index is -4.51. The highest BCUT2D eigenvalue weighted by Gasteiger charge is 2.34. The maximum absolute atomic E-state index is 12.8. The summed E-state index contributed by atoms with van der Waals surface area (Å²) in [6, 6.07) is 3.92. The van der Waals surface area contributed by atoms with Crippen molar-refractivity contribution in [1.82, 2.24) is 29.7 Å². The lowest BCUT2D eigenvalue weighted by atomic mass is 9.93. The minimum Gasteiger partial charge on any atom is -0.457 e. The fourth-order valence-corrected chi connectivity index (χ4v) is 4.31. The molecular formula is C22H21F3N6O2. The van der Waals surface area contributed by atoms with Crippen molar-refractivity contribution in [2.75, 3.05) is 19.6 Å². The quantitative estimate of drug-likeness (QED) is 0.602. The third-order valence-corrected chi connectivity index (χ3v) is 6.04. The molecule has 5 rings (SSSR count). The van der Waals surface area contributed by atoms with Crippen LogP contribution in [-0.4, -0.2) is 50.0 Å². The van der Waals surface area contributed by atoms with E-state index in [9.17, 15) is 18.0 Å². The average Bonchev–Trinajstić information content (AvgIpc) is 3.43. The topological polar surface area (TPSA) is 85.2 Å². The van der Waals surface area contributed by atoms with E-state index in [2.05, 4.69) is 25.2 Å². The number of esters is 1. The number of aromatic nitrogens is 4. The molecule has 172 valence electrons. The van der Waals surface area contributed by atoms with Crippen LogP contribution in [0.1, 0.15) is 44.3 Å². The molecule has 8 nitrogen and oxygen atoms in total. The minimum absolute atomic E-state index is 0.103. The van der Waals surface area contributed by atoms with E-state index in [0.29, 0.717) is 18.7 Å². The molecule has 1 N–H and O–H groups in total. The van der Waals surface area contributed by atoms with E-state index in [1.54, 1.807) is 12.4 Å². The number of carbonyl (C=O) groups is 1. The second kappa shape index (κ2) is 8.23. The van der Waals surface area contributed by atoms with Crippen LogP contribution in [-0.2, 0) is 24.1 Å². The third kappa shape index (κ3) is 4.21. The summed E-state index contributed by atoms with van der Waals surface area (Å²) in [5.41, 5.74) is 3.68. The van der Waals surface area contributed by atoms with E-state index in [-0.39, 0.29) is 18.0 Å². The summed E-state index contributed by atoms with van der Waals surface area (Å²) in [7, 11) is 0. The van der Waals surface area contributed by atoms with E-state index in [1.165, 1.54) is 0 Å². The Balaban J connectivity index is 1.27. The van der Waals surface area contributed by atoms with Crippen LogP contribution in [0.3, 0.4) is 0 Å². The molecule has 0 radical (unpaired) electrons. The molecule has 4 heterocycles. The summed E-state index contributed by atoms with van der Waals surface area (Å²) in [6.45, 7) is 5.33. The number of piperazine rings is 1. The average molecular weight is 458 g/mol. The molecule has 1 atom stereocenters. The molecular weight excluding hydrogens is 437 g/mol. The van der Waals surface area contributed by atoms with Crippen molar-refractivity contribution in [3.05, 3.63) is 70.6 Å². The maximum Gasteiger partial charge on any atom is 0.434 e. The number of cyclic esters (lactones) is 1. The molecule has 0 aliphatic carbocycles. The van der Waals surface area contributed by atoms with Crippen LogP contribution in [0.5, 0.6) is 0 Å². The normalized spacial score (nSPS) is 18.9. The Morgan fingerprint density at radius 1 is 1.21 bits per heavy atom. The Labute approximate surface area is 187 Å². The fourth-order valence-electron chi connectivity index (χ4n) is 4.31. The summed E-state index contributed by atoms with van der Waals surface area (Å²) in [6.07, 6.45) is 0.653. The molecule has 33 heavy (non-hydrogen) atoms. The molecule has 2 aromatic heterocycles. The summed E-state index contributed by atoms with van der Waals surface area (Å²) >= 11 is 0. The van der Waals surface area contributed by atoms with Gasteiger partial charge in [-0.15, -0.1) is 0 Å². The highest BCUT2D eigenvalue weighted by molar-refractivity contribution is 5.94. The Morgan fingerprint density at radius 3 is 2.73 bits per heavy atom. The van der Waals surface area contributed by atoms with Crippen LogP contribution in [0.2, 0.25) is 0 Å². The smallest absolute Gasteiger partial charge is 0.434 e. The number of rotatable bonds is 4. The van der Waals surface area contributed by atoms with Crippen LogP contribution in [0, 0.1) is 6.92 Å². The Kier molecular flexibility index (Phi) is 5.37. The van der Waals surface area contributed by atoms with Gasteiger partial charge in [-0.1, -0.05) is 6.07 Å². The van der Waals surface area contributed by atoms with E-state index < -0.39 is 11.9 Å². The Hall–Kier alpha value is -3.31. The largest absolute Gasteiger partial charge is 0.457 e. The van der Waals surface area contributed by atoms with Gasteiger partial charge in [0, 0.05) is 61.9 Å². The summed E-state index contributed by atoms with van der Waals surface area (Å²) < 4.78 is 44.6. The number of benzene rings is 1. The monoisotopic (exact) mass is 458 g/mol. The van der Waals surface area contributed by atoms with Crippen molar-refractivity contribution in [3.63, 3.8) is 0 Å². The molecule has 2 aliphatic rings. The van der Waals surface area contributed by atoms with Gasteiger partial charge < -0.3 is 10.1 Å². The number of hydrogen-bond donors (Lipinski definition) is 1. The van der Waals surface area contributed by atoms with Crippen molar-refractivity contribution in [1.29, 1.82) is 0 Å². The number of fused-ring (bicyclic) bond motifs is 1. The van der Waals surface area contributed by atoms with Gasteiger partial charge in [0.05, 0.1) is 5.56 Å². The van der Waals surface area contributed by atoms with Crippen molar-refractivity contribution in [3.8, 4) is 5.95 Å². The predicted molar refractivity (Wildman–Crippen MR) is 110 cm³/mol. The van der Waals surface area contributed by atoms with Gasteiger partial charge in [0.2, 0.25) is 5.95 Å². The highest BCUT2D eigenvalue weighted by Crippen LogP contribution is 2.30. The number of alkyl halides is 3. The molecule has 2 aliphatic heterocycles. The van der Waals surface area contributed by atoms with Gasteiger partial charge in [-0.3, -0.25) is 9.47 Å². The van der Waals surface area contributed by atoms with E-state index in [0.717, 1.165) is 59.0 Å². The maximum atomic E-state index is 12.8. The van der Waals surface area contributed by atoms with Crippen LogP contribution >= 0.6 is 0 Å². The van der Waals surface area contributed by atoms with E-state index in [4.69, 9.17) is 4.74 Å². The molecule has 0 spiro atoms. The Morgan fingerprint density at radius 2 is 2.00 bits per heavy atom. The predicted octanol–water partition coefficient (Wildman–Crippen LogP) is 2.81. The molecule has 1 aromatic carbocycles. The van der Waals surface area contributed by atoms with Crippen LogP contribution < -0.4 is 5.32 Å². The highest BCUT2D eigenvalue weighted by atomic mass is 19.4. The zero-order chi connectivity index (χ0) is 23.2. The lowest BCUT2D eigenvalue weighted by Crippen LogP contribution is -2.45. The standard InChI is InChI=1S/C22H21F3N6O2/c1-13-15(2-3-16-17(13)11-33-20(16)32)18-9-30(5-4-26-18)8-14-6-27-21(28-7-14)31-10-19(29-12-31)22(23,24)25/h2-3,6-7,10,12,18,26H,4-5,8-9,11H2,1H3/t18-/m0/s1. The second-order valence-electron chi connectivity index (χ2n) is 8.18. The zero-order valence-electron chi connectivity index (χ0n) is 17.8. The van der Waals surface area contributed by atoms with Gasteiger partial charge in [0.15, 0.2) is 5.69 Å². The first kappa shape index (κ1) is 21.5. The van der Waals surface area contributed by atoms with Crippen molar-refractivity contribution in [2.24, 2.45) is 0 Å². The first-order chi connectivity index (χ1) is 15.8. The molecule has 1 fully saturated rings. The van der Waals surface area contributed by atoms with E-state index >= 15 is 0 Å². The number of nitrogens with zero attached hydrogens (tertiary/aromatic N) is 5. The number of carbonyl (C=O) groups excluding carboxylic acids is 1. The van der Waals surface area contributed by atoms with Gasteiger partial charge >= 0.3 is 12.1 Å². The van der Waals surface area contributed by atoms with Gasteiger partial charge in [0.25, 0.3) is 0 Å². The zero-order valence-corrected chi connectivity index (χ0v) is 17.8. The fraction of sp³-hybridized carbons (Fsp3) is 0.364. The number of imidazole rings is 1. The van der Waals surface area contributed by atoms with Crippen molar-refractivity contribution in [2.45, 2.75) is 32.3 Å². The first-order valence-electron chi connectivity index (χ1n) is 10.5. The summed E-state index contributed by atoms with van der Waals surface area (Å²) in [5.74, 6) is -0.142. The van der Waals surface area contributed by atoms with Gasteiger partial charge in [-0.05, 0) is 24.1 Å². The van der Waals surface area contributed by atoms with Crippen molar-refractivity contribution < 1.29 is 22.7 Å². The SMILES string of the molecule is Cc1c([C@@H]2CN(Cc3cnc(-n4cnc(C(F)(F)F)c4)nc3)CCN2)ccc2c1COC2=O.